The summed E-state index contributed by atoms with van der Waals surface area (Å²) >= 11 is 0. The molecule has 0 saturated heterocycles. The molecule has 0 unspecified atom stereocenters. The van der Waals surface area contributed by atoms with Gasteiger partial charge < -0.3 is 9.47 Å². The molecule has 0 saturated carbocycles. The third-order valence-electron chi connectivity index (χ3n) is 3.62. The normalized spacial score (nSPS) is 11.2. The van der Waals surface area contributed by atoms with E-state index in [2.05, 4.69) is 19.1 Å². The van der Waals surface area contributed by atoms with Crippen LogP contribution in [0.1, 0.15) is 42.3 Å². The van der Waals surface area contributed by atoms with Gasteiger partial charge in [-0.15, -0.1) is 0 Å². The third kappa shape index (κ3) is 4.35. The molecule has 2 rings (SSSR count). The van der Waals surface area contributed by atoms with E-state index >= 15 is 0 Å². The van der Waals surface area contributed by atoms with Crippen LogP contribution in [0.4, 0.5) is 0 Å². The number of Topliss-reactive ketones (excluding diaryl/α,β-unsaturated/α-hetero) is 1. The first-order valence-corrected chi connectivity index (χ1v) is 7.72. The number of benzene rings is 2. The second kappa shape index (κ2) is 6.86. The summed E-state index contributed by atoms with van der Waals surface area (Å²) in [6, 6.07) is 13.5. The maximum Gasteiger partial charge on any atom is 0.168 e. The fourth-order valence-corrected chi connectivity index (χ4v) is 2.21. The topological polar surface area (TPSA) is 35.5 Å². The third-order valence-corrected chi connectivity index (χ3v) is 3.62. The highest BCUT2D eigenvalue weighted by Gasteiger charge is 2.23. The lowest BCUT2D eigenvalue weighted by Gasteiger charge is -2.18. The van der Waals surface area contributed by atoms with Crippen LogP contribution in [-0.4, -0.2) is 12.9 Å². The molecule has 0 radical (unpaired) electrons. The molecule has 0 aliphatic carbocycles. The zero-order valence-corrected chi connectivity index (χ0v) is 14.5. The summed E-state index contributed by atoms with van der Waals surface area (Å²) < 4.78 is 11.2. The van der Waals surface area contributed by atoms with Gasteiger partial charge in [-0.05, 0) is 30.7 Å². The maximum atomic E-state index is 12.4. The van der Waals surface area contributed by atoms with E-state index in [0.717, 1.165) is 5.56 Å². The minimum absolute atomic E-state index is 0.0842. The van der Waals surface area contributed by atoms with Crippen LogP contribution in [0.3, 0.4) is 0 Å². The Kier molecular flexibility index (Phi) is 5.09. The van der Waals surface area contributed by atoms with Gasteiger partial charge in [0, 0.05) is 11.0 Å². The molecule has 3 nitrogen and oxygen atoms in total. The summed E-state index contributed by atoms with van der Waals surface area (Å²) in [6.45, 7) is 8.23. The van der Waals surface area contributed by atoms with Gasteiger partial charge in [-0.2, -0.15) is 0 Å². The average molecular weight is 312 g/mol. The highest BCUT2D eigenvalue weighted by atomic mass is 16.5. The van der Waals surface area contributed by atoms with Crippen molar-refractivity contribution in [1.82, 2.24) is 0 Å². The van der Waals surface area contributed by atoms with Crippen molar-refractivity contribution in [3.05, 3.63) is 59.2 Å². The zero-order valence-electron chi connectivity index (χ0n) is 14.5. The van der Waals surface area contributed by atoms with Crippen LogP contribution in [-0.2, 0) is 6.61 Å². The summed E-state index contributed by atoms with van der Waals surface area (Å²) in [5.41, 5.74) is 2.52. The Bertz CT molecular complexity index is 679. The smallest absolute Gasteiger partial charge is 0.168 e. The summed E-state index contributed by atoms with van der Waals surface area (Å²) in [5.74, 6) is 1.30. The average Bonchev–Trinajstić information content (AvgIpc) is 2.52. The van der Waals surface area contributed by atoms with E-state index in [1.165, 1.54) is 5.56 Å². The summed E-state index contributed by atoms with van der Waals surface area (Å²) in [5, 5.41) is 0. The number of methoxy groups -OCH3 is 1. The van der Waals surface area contributed by atoms with Crippen LogP contribution in [0.15, 0.2) is 42.5 Å². The molecule has 3 heteroatoms. The van der Waals surface area contributed by atoms with Crippen LogP contribution >= 0.6 is 0 Å². The maximum absolute atomic E-state index is 12.4. The number of aryl methyl sites for hydroxylation is 1. The lowest BCUT2D eigenvalue weighted by Crippen LogP contribution is -2.20. The van der Waals surface area contributed by atoms with Crippen LogP contribution in [0.25, 0.3) is 0 Å². The quantitative estimate of drug-likeness (QED) is 0.743. The van der Waals surface area contributed by atoms with Gasteiger partial charge in [-0.1, -0.05) is 50.6 Å². The van der Waals surface area contributed by atoms with Gasteiger partial charge in [0.2, 0.25) is 0 Å². The van der Waals surface area contributed by atoms with Gasteiger partial charge in [0.15, 0.2) is 17.3 Å². The second-order valence-corrected chi connectivity index (χ2v) is 6.72. The van der Waals surface area contributed by atoms with Gasteiger partial charge in [0.25, 0.3) is 0 Å². The van der Waals surface area contributed by atoms with Crippen LogP contribution in [0, 0.1) is 12.3 Å². The number of carbonyl (C=O) groups excluding carboxylic acids is 1. The Morgan fingerprint density at radius 2 is 1.65 bits per heavy atom. The minimum Gasteiger partial charge on any atom is -0.493 e. The Hall–Kier alpha value is -2.29. The second-order valence-electron chi connectivity index (χ2n) is 6.72. The monoisotopic (exact) mass is 312 g/mol. The molecule has 122 valence electrons. The van der Waals surface area contributed by atoms with Crippen molar-refractivity contribution < 1.29 is 14.3 Å². The van der Waals surface area contributed by atoms with Crippen molar-refractivity contribution in [2.45, 2.75) is 34.3 Å². The molecule has 0 aliphatic rings. The molecule has 0 N–H and O–H groups in total. The van der Waals surface area contributed by atoms with Crippen molar-refractivity contribution in [2.75, 3.05) is 7.11 Å². The van der Waals surface area contributed by atoms with E-state index in [9.17, 15) is 4.79 Å². The first-order valence-electron chi connectivity index (χ1n) is 7.72. The van der Waals surface area contributed by atoms with E-state index < -0.39 is 5.41 Å². The van der Waals surface area contributed by atoms with Gasteiger partial charge in [0.05, 0.1) is 7.11 Å². The molecule has 0 bridgehead atoms. The van der Waals surface area contributed by atoms with Gasteiger partial charge >= 0.3 is 0 Å². The number of hydrogen-bond acceptors (Lipinski definition) is 3. The largest absolute Gasteiger partial charge is 0.493 e. The predicted molar refractivity (Wildman–Crippen MR) is 92.3 cm³/mol. The zero-order chi connectivity index (χ0) is 17.0. The van der Waals surface area contributed by atoms with Crippen molar-refractivity contribution >= 4 is 5.78 Å². The number of carbonyl (C=O) groups is 1. The fraction of sp³-hybridized carbons (Fsp3) is 0.350. The van der Waals surface area contributed by atoms with E-state index in [-0.39, 0.29) is 5.78 Å². The van der Waals surface area contributed by atoms with Gasteiger partial charge in [-0.3, -0.25) is 4.79 Å². The van der Waals surface area contributed by atoms with Crippen LogP contribution in [0.2, 0.25) is 0 Å². The molecule has 0 spiro atoms. The molecule has 0 atom stereocenters. The molecule has 0 aromatic heterocycles. The van der Waals surface area contributed by atoms with Crippen molar-refractivity contribution in [3.8, 4) is 11.5 Å². The van der Waals surface area contributed by atoms with E-state index in [0.29, 0.717) is 23.7 Å². The Morgan fingerprint density at radius 1 is 1.00 bits per heavy atom. The molecule has 2 aromatic carbocycles. The van der Waals surface area contributed by atoms with Crippen molar-refractivity contribution in [1.29, 1.82) is 0 Å². The van der Waals surface area contributed by atoms with Gasteiger partial charge in [-0.25, -0.2) is 0 Å². The van der Waals surface area contributed by atoms with Gasteiger partial charge in [0.1, 0.15) is 6.61 Å². The Morgan fingerprint density at radius 3 is 2.22 bits per heavy atom. The number of hydrogen-bond donors (Lipinski definition) is 0. The summed E-state index contributed by atoms with van der Waals surface area (Å²) in [6.07, 6.45) is 0. The van der Waals surface area contributed by atoms with E-state index in [1.807, 2.05) is 32.9 Å². The molecule has 2 aromatic rings. The Balaban J connectivity index is 2.16. The SMILES string of the molecule is COc1cc(C(=O)C(C)(C)C)ccc1OCc1ccc(C)cc1. The first-order chi connectivity index (χ1) is 10.8. The van der Waals surface area contributed by atoms with E-state index in [4.69, 9.17) is 9.47 Å². The summed E-state index contributed by atoms with van der Waals surface area (Å²) in [7, 11) is 1.58. The lowest BCUT2D eigenvalue weighted by atomic mass is 9.86. The van der Waals surface area contributed by atoms with Crippen molar-refractivity contribution in [3.63, 3.8) is 0 Å². The number of rotatable bonds is 5. The summed E-state index contributed by atoms with van der Waals surface area (Å²) in [4.78, 5) is 12.4. The lowest BCUT2D eigenvalue weighted by molar-refractivity contribution is 0.0858. The van der Waals surface area contributed by atoms with Crippen molar-refractivity contribution in [2.24, 2.45) is 5.41 Å². The van der Waals surface area contributed by atoms with E-state index in [1.54, 1.807) is 25.3 Å². The Labute approximate surface area is 138 Å². The molecule has 0 aliphatic heterocycles. The minimum atomic E-state index is -0.421. The fourth-order valence-electron chi connectivity index (χ4n) is 2.21. The molecule has 0 heterocycles. The van der Waals surface area contributed by atoms with Crippen LogP contribution in [0.5, 0.6) is 11.5 Å². The number of ketones is 1. The molecule has 0 fully saturated rings. The molecular weight excluding hydrogens is 288 g/mol. The highest BCUT2D eigenvalue weighted by Crippen LogP contribution is 2.31. The first kappa shape index (κ1) is 17.1. The molecule has 23 heavy (non-hydrogen) atoms. The predicted octanol–water partition coefficient (Wildman–Crippen LogP) is 4.81. The molecular formula is C20H24O3. The molecule has 0 amide bonds. The van der Waals surface area contributed by atoms with Crippen LogP contribution < -0.4 is 9.47 Å². The number of ether oxygens (including phenoxy) is 2. The highest BCUT2D eigenvalue weighted by molar-refractivity contribution is 6.00. The standard InChI is InChI=1S/C20H24O3/c1-14-6-8-15(9-7-14)13-23-17-11-10-16(12-18(17)22-5)19(21)20(2,3)4/h6-12H,13H2,1-5H3.